The first-order chi connectivity index (χ1) is 6.77. The number of hydrazine groups is 1. The van der Waals surface area contributed by atoms with E-state index < -0.39 is 0 Å². The molecule has 0 saturated carbocycles. The van der Waals surface area contributed by atoms with Gasteiger partial charge in [-0.15, -0.1) is 0 Å². The van der Waals surface area contributed by atoms with Crippen molar-refractivity contribution in [3.63, 3.8) is 0 Å². The molecule has 2 N–H and O–H groups in total. The minimum atomic E-state index is -0.0469. The van der Waals surface area contributed by atoms with E-state index in [1.807, 2.05) is 6.07 Å². The highest BCUT2D eigenvalue weighted by Crippen LogP contribution is 2.29. The van der Waals surface area contributed by atoms with E-state index >= 15 is 0 Å². The number of rotatable bonds is 2. The van der Waals surface area contributed by atoms with Crippen LogP contribution < -0.4 is 10.9 Å². The van der Waals surface area contributed by atoms with E-state index in [2.05, 4.69) is 29.1 Å². The number of benzene rings is 1. The van der Waals surface area contributed by atoms with Gasteiger partial charge in [-0.1, -0.05) is 24.3 Å². The minimum absolute atomic E-state index is 0.0469. The normalized spacial score (nSPS) is 19.1. The highest BCUT2D eigenvalue weighted by atomic mass is 16.2. The maximum atomic E-state index is 10.7. The van der Waals surface area contributed by atoms with Crippen molar-refractivity contribution in [3.8, 4) is 0 Å². The lowest BCUT2D eigenvalue weighted by atomic mass is 10.1. The standard InChI is InChI=1S/C11H14N2O/c1-8(14)12-13-11-7-6-9-4-2-3-5-10(9)11/h2-5,11,13H,6-7H2,1H3,(H,12,14). The second kappa shape index (κ2) is 3.80. The van der Waals surface area contributed by atoms with Crippen LogP contribution in [0.3, 0.4) is 0 Å². The number of carbonyl (C=O) groups is 1. The van der Waals surface area contributed by atoms with Crippen LogP contribution in [0.4, 0.5) is 0 Å². The van der Waals surface area contributed by atoms with Gasteiger partial charge in [0.2, 0.25) is 5.91 Å². The van der Waals surface area contributed by atoms with Crippen molar-refractivity contribution in [3.05, 3.63) is 35.4 Å². The van der Waals surface area contributed by atoms with Crippen LogP contribution in [-0.4, -0.2) is 5.91 Å². The van der Waals surface area contributed by atoms with Crippen molar-refractivity contribution in [2.24, 2.45) is 0 Å². The van der Waals surface area contributed by atoms with Crippen LogP contribution in [0.2, 0.25) is 0 Å². The van der Waals surface area contributed by atoms with Gasteiger partial charge in [0.15, 0.2) is 0 Å². The van der Waals surface area contributed by atoms with Crippen molar-refractivity contribution in [2.45, 2.75) is 25.8 Å². The van der Waals surface area contributed by atoms with Crippen LogP contribution in [0.5, 0.6) is 0 Å². The second-order valence-electron chi connectivity index (χ2n) is 3.62. The van der Waals surface area contributed by atoms with Gasteiger partial charge in [0.05, 0.1) is 6.04 Å². The third kappa shape index (κ3) is 1.77. The third-order valence-corrected chi connectivity index (χ3v) is 2.56. The minimum Gasteiger partial charge on any atom is -0.291 e. The number of carbonyl (C=O) groups excluding carboxylic acids is 1. The molecule has 0 fully saturated rings. The van der Waals surface area contributed by atoms with Gasteiger partial charge in [-0.05, 0) is 24.0 Å². The zero-order valence-electron chi connectivity index (χ0n) is 8.21. The summed E-state index contributed by atoms with van der Waals surface area (Å²) >= 11 is 0. The number of fused-ring (bicyclic) bond motifs is 1. The maximum Gasteiger partial charge on any atom is 0.230 e. The molecule has 3 nitrogen and oxygen atoms in total. The van der Waals surface area contributed by atoms with Crippen LogP contribution in [0.15, 0.2) is 24.3 Å². The summed E-state index contributed by atoms with van der Waals surface area (Å²) in [6.07, 6.45) is 2.15. The summed E-state index contributed by atoms with van der Waals surface area (Å²) in [5.41, 5.74) is 8.37. The lowest BCUT2D eigenvalue weighted by molar-refractivity contribution is -0.120. The molecule has 1 aliphatic rings. The molecular formula is C11H14N2O. The first-order valence-corrected chi connectivity index (χ1v) is 4.87. The number of nitrogens with one attached hydrogen (secondary N) is 2. The number of hydrogen-bond donors (Lipinski definition) is 2. The van der Waals surface area contributed by atoms with E-state index in [0.717, 1.165) is 12.8 Å². The largest absolute Gasteiger partial charge is 0.291 e. The maximum absolute atomic E-state index is 10.7. The van der Waals surface area contributed by atoms with Crippen molar-refractivity contribution >= 4 is 5.91 Å². The Morgan fingerprint density at radius 1 is 1.43 bits per heavy atom. The first kappa shape index (κ1) is 9.21. The Morgan fingerprint density at radius 3 is 3.00 bits per heavy atom. The van der Waals surface area contributed by atoms with Crippen LogP contribution in [-0.2, 0) is 11.2 Å². The second-order valence-corrected chi connectivity index (χ2v) is 3.62. The van der Waals surface area contributed by atoms with E-state index in [1.165, 1.54) is 18.1 Å². The Kier molecular flexibility index (Phi) is 2.50. The molecule has 0 saturated heterocycles. The smallest absolute Gasteiger partial charge is 0.230 e. The molecule has 1 amide bonds. The van der Waals surface area contributed by atoms with Crippen molar-refractivity contribution in [2.75, 3.05) is 0 Å². The third-order valence-electron chi connectivity index (χ3n) is 2.56. The van der Waals surface area contributed by atoms with Crippen molar-refractivity contribution < 1.29 is 4.79 Å². The zero-order chi connectivity index (χ0) is 9.97. The van der Waals surface area contributed by atoms with E-state index in [4.69, 9.17) is 0 Å². The molecule has 14 heavy (non-hydrogen) atoms. The molecule has 0 aliphatic heterocycles. The Bertz CT molecular complexity index is 349. The number of hydrogen-bond acceptors (Lipinski definition) is 2. The Morgan fingerprint density at radius 2 is 2.21 bits per heavy atom. The number of amides is 1. The summed E-state index contributed by atoms with van der Waals surface area (Å²) in [6.45, 7) is 1.51. The van der Waals surface area contributed by atoms with Crippen molar-refractivity contribution in [1.29, 1.82) is 0 Å². The highest BCUT2D eigenvalue weighted by Gasteiger charge is 2.21. The van der Waals surface area contributed by atoms with Gasteiger partial charge in [-0.3, -0.25) is 10.2 Å². The van der Waals surface area contributed by atoms with Crippen LogP contribution in [0.1, 0.15) is 30.5 Å². The molecule has 0 aromatic heterocycles. The Balaban J connectivity index is 2.07. The predicted octanol–water partition coefficient (Wildman–Crippen LogP) is 1.31. The van der Waals surface area contributed by atoms with Crippen molar-refractivity contribution in [1.82, 2.24) is 10.9 Å². The van der Waals surface area contributed by atoms with Gasteiger partial charge in [-0.2, -0.15) is 0 Å². The van der Waals surface area contributed by atoms with E-state index in [1.54, 1.807) is 0 Å². The quantitative estimate of drug-likeness (QED) is 0.690. The molecule has 1 atom stereocenters. The van der Waals surface area contributed by atoms with E-state index in [-0.39, 0.29) is 11.9 Å². The SMILES string of the molecule is CC(=O)NNC1CCc2ccccc21. The van der Waals surface area contributed by atoms with Crippen LogP contribution in [0, 0.1) is 0 Å². The lowest BCUT2D eigenvalue weighted by Gasteiger charge is -2.13. The molecule has 0 heterocycles. The molecular weight excluding hydrogens is 176 g/mol. The molecule has 1 aromatic carbocycles. The van der Waals surface area contributed by atoms with Gasteiger partial charge in [-0.25, -0.2) is 5.43 Å². The molecule has 0 spiro atoms. The van der Waals surface area contributed by atoms with Crippen LogP contribution in [0.25, 0.3) is 0 Å². The molecule has 3 heteroatoms. The molecule has 1 aromatic rings. The average molecular weight is 190 g/mol. The average Bonchev–Trinajstić information content (AvgIpc) is 2.58. The van der Waals surface area contributed by atoms with Gasteiger partial charge >= 0.3 is 0 Å². The van der Waals surface area contributed by atoms with Crippen LogP contribution >= 0.6 is 0 Å². The molecule has 0 bridgehead atoms. The molecule has 1 unspecified atom stereocenters. The molecule has 1 aliphatic carbocycles. The molecule has 2 rings (SSSR count). The fraction of sp³-hybridized carbons (Fsp3) is 0.364. The van der Waals surface area contributed by atoms with Gasteiger partial charge < -0.3 is 0 Å². The molecule has 74 valence electrons. The highest BCUT2D eigenvalue weighted by molar-refractivity contribution is 5.72. The Hall–Kier alpha value is -1.35. The fourth-order valence-electron chi connectivity index (χ4n) is 1.90. The van der Waals surface area contributed by atoms with Gasteiger partial charge in [0.25, 0.3) is 0 Å². The summed E-state index contributed by atoms with van der Waals surface area (Å²) in [7, 11) is 0. The van der Waals surface area contributed by atoms with Gasteiger partial charge in [0.1, 0.15) is 0 Å². The summed E-state index contributed by atoms with van der Waals surface area (Å²) in [4.78, 5) is 10.7. The first-order valence-electron chi connectivity index (χ1n) is 4.87. The topological polar surface area (TPSA) is 41.1 Å². The summed E-state index contributed by atoms with van der Waals surface area (Å²) in [5, 5.41) is 0. The predicted molar refractivity (Wildman–Crippen MR) is 54.5 cm³/mol. The van der Waals surface area contributed by atoms with E-state index in [0.29, 0.717) is 0 Å². The zero-order valence-corrected chi connectivity index (χ0v) is 8.21. The summed E-state index contributed by atoms with van der Waals surface area (Å²) in [6, 6.07) is 8.62. The lowest BCUT2D eigenvalue weighted by Crippen LogP contribution is -2.37. The van der Waals surface area contributed by atoms with E-state index in [9.17, 15) is 4.79 Å². The number of aryl methyl sites for hydroxylation is 1. The summed E-state index contributed by atoms with van der Waals surface area (Å²) in [5.74, 6) is -0.0469. The fourth-order valence-corrected chi connectivity index (χ4v) is 1.90. The monoisotopic (exact) mass is 190 g/mol. The molecule has 0 radical (unpaired) electrons. The van der Waals surface area contributed by atoms with Gasteiger partial charge in [0, 0.05) is 6.92 Å². The summed E-state index contributed by atoms with van der Waals surface area (Å²) < 4.78 is 0. The Labute approximate surface area is 83.5 Å².